The zero-order valence-corrected chi connectivity index (χ0v) is 16.0. The summed E-state index contributed by atoms with van der Waals surface area (Å²) in [4.78, 5) is 16.8. The number of hydrogen-bond acceptors (Lipinski definition) is 4. The molecule has 0 aliphatic carbocycles. The Bertz CT molecular complexity index is 825. The van der Waals surface area contributed by atoms with Crippen LogP contribution in [0.2, 0.25) is 0 Å². The second kappa shape index (κ2) is 8.81. The van der Waals surface area contributed by atoms with E-state index >= 15 is 0 Å². The second-order valence-electron chi connectivity index (χ2n) is 6.43. The Morgan fingerprint density at radius 3 is 2.65 bits per heavy atom. The molecule has 5 heteroatoms. The molecule has 0 saturated carbocycles. The molecule has 0 spiro atoms. The van der Waals surface area contributed by atoms with Gasteiger partial charge >= 0.3 is 0 Å². The van der Waals surface area contributed by atoms with Gasteiger partial charge in [0.15, 0.2) is 0 Å². The molecule has 1 aromatic heterocycles. The number of hydrogen-bond donors (Lipinski definition) is 1. The van der Waals surface area contributed by atoms with E-state index in [1.165, 1.54) is 10.3 Å². The van der Waals surface area contributed by atoms with Gasteiger partial charge in [-0.15, -0.1) is 11.3 Å². The van der Waals surface area contributed by atoms with Gasteiger partial charge in [-0.3, -0.25) is 4.79 Å². The lowest BCUT2D eigenvalue weighted by atomic mass is 10.1. The maximum Gasteiger partial charge on any atom is 0.220 e. The van der Waals surface area contributed by atoms with Crippen molar-refractivity contribution in [1.29, 1.82) is 0 Å². The summed E-state index contributed by atoms with van der Waals surface area (Å²) in [5.41, 5.74) is 2.27. The van der Waals surface area contributed by atoms with Gasteiger partial charge in [0.05, 0.1) is 22.3 Å². The first-order chi connectivity index (χ1) is 12.6. The molecule has 1 atom stereocenters. The number of amides is 1. The Morgan fingerprint density at radius 2 is 1.92 bits per heavy atom. The summed E-state index contributed by atoms with van der Waals surface area (Å²) in [7, 11) is 1.67. The molecule has 2 aromatic carbocycles. The lowest BCUT2D eigenvalue weighted by Gasteiger charge is -2.13. The van der Waals surface area contributed by atoms with Crippen LogP contribution in [-0.2, 0) is 17.6 Å². The van der Waals surface area contributed by atoms with Crippen molar-refractivity contribution in [3.05, 3.63) is 59.1 Å². The Hall–Kier alpha value is -2.40. The van der Waals surface area contributed by atoms with Crippen LogP contribution in [0.5, 0.6) is 5.75 Å². The number of carbonyl (C=O) groups is 1. The van der Waals surface area contributed by atoms with E-state index in [0.29, 0.717) is 12.8 Å². The molecule has 0 saturated heterocycles. The molecule has 0 bridgehead atoms. The van der Waals surface area contributed by atoms with Gasteiger partial charge in [-0.1, -0.05) is 24.3 Å². The number of carbonyl (C=O) groups excluding carboxylic acids is 1. The van der Waals surface area contributed by atoms with Gasteiger partial charge in [-0.2, -0.15) is 0 Å². The number of fused-ring (bicyclic) bond motifs is 1. The van der Waals surface area contributed by atoms with Gasteiger partial charge in [0.1, 0.15) is 5.75 Å². The van der Waals surface area contributed by atoms with E-state index in [1.807, 2.05) is 30.3 Å². The zero-order valence-electron chi connectivity index (χ0n) is 15.2. The van der Waals surface area contributed by atoms with Crippen molar-refractivity contribution in [3.63, 3.8) is 0 Å². The number of nitrogens with one attached hydrogen (secondary N) is 1. The Morgan fingerprint density at radius 1 is 1.15 bits per heavy atom. The van der Waals surface area contributed by atoms with E-state index in [0.717, 1.165) is 29.1 Å². The van der Waals surface area contributed by atoms with Crippen LogP contribution >= 0.6 is 11.3 Å². The second-order valence-corrected chi connectivity index (χ2v) is 7.55. The minimum Gasteiger partial charge on any atom is -0.497 e. The summed E-state index contributed by atoms with van der Waals surface area (Å²) in [5, 5.41) is 4.11. The van der Waals surface area contributed by atoms with Crippen LogP contribution < -0.4 is 10.1 Å². The maximum atomic E-state index is 12.2. The molecular weight excluding hydrogens is 344 g/mol. The highest BCUT2D eigenvalue weighted by atomic mass is 32.1. The van der Waals surface area contributed by atoms with Crippen molar-refractivity contribution in [2.45, 2.75) is 38.6 Å². The largest absolute Gasteiger partial charge is 0.497 e. The molecule has 3 rings (SSSR count). The van der Waals surface area contributed by atoms with Gasteiger partial charge in [0, 0.05) is 18.9 Å². The van der Waals surface area contributed by atoms with Crippen molar-refractivity contribution in [3.8, 4) is 5.75 Å². The van der Waals surface area contributed by atoms with Gasteiger partial charge in [0.25, 0.3) is 0 Å². The molecule has 1 N–H and O–H groups in total. The number of thiazole rings is 1. The molecule has 0 aliphatic heterocycles. The van der Waals surface area contributed by atoms with E-state index in [1.54, 1.807) is 18.4 Å². The molecule has 0 aliphatic rings. The SMILES string of the molecule is COc1ccc(CCC(C)NC(=O)CCc2nc3ccccc3s2)cc1. The van der Waals surface area contributed by atoms with Crippen molar-refractivity contribution in [2.24, 2.45) is 0 Å². The van der Waals surface area contributed by atoms with Crippen molar-refractivity contribution >= 4 is 27.5 Å². The average Bonchev–Trinajstić information content (AvgIpc) is 3.08. The highest BCUT2D eigenvalue weighted by Crippen LogP contribution is 2.22. The van der Waals surface area contributed by atoms with Crippen LogP contribution in [0.15, 0.2) is 48.5 Å². The smallest absolute Gasteiger partial charge is 0.220 e. The quantitative estimate of drug-likeness (QED) is 0.642. The van der Waals surface area contributed by atoms with Crippen LogP contribution in [0.4, 0.5) is 0 Å². The number of benzene rings is 2. The van der Waals surface area contributed by atoms with Crippen LogP contribution in [0, 0.1) is 0 Å². The number of nitrogens with zero attached hydrogens (tertiary/aromatic N) is 1. The van der Waals surface area contributed by atoms with Crippen molar-refractivity contribution in [1.82, 2.24) is 10.3 Å². The summed E-state index contributed by atoms with van der Waals surface area (Å²) in [6, 6.07) is 16.3. The fourth-order valence-electron chi connectivity index (χ4n) is 2.84. The Balaban J connectivity index is 1.41. The monoisotopic (exact) mass is 368 g/mol. The number of aryl methyl sites for hydroxylation is 2. The maximum absolute atomic E-state index is 12.2. The van der Waals surface area contributed by atoms with E-state index in [9.17, 15) is 4.79 Å². The highest BCUT2D eigenvalue weighted by Gasteiger charge is 2.10. The minimum atomic E-state index is 0.0893. The predicted octanol–water partition coefficient (Wildman–Crippen LogP) is 4.38. The Kier molecular flexibility index (Phi) is 6.23. The first-order valence-electron chi connectivity index (χ1n) is 8.91. The highest BCUT2D eigenvalue weighted by molar-refractivity contribution is 7.18. The normalized spacial score (nSPS) is 12.1. The molecule has 26 heavy (non-hydrogen) atoms. The number of methoxy groups -OCH3 is 1. The topological polar surface area (TPSA) is 51.2 Å². The van der Waals surface area contributed by atoms with E-state index in [-0.39, 0.29) is 11.9 Å². The number of aromatic nitrogens is 1. The standard InChI is InChI=1S/C21H24N2O2S/c1-15(7-8-16-9-11-17(25-2)12-10-16)22-20(24)13-14-21-23-18-5-3-4-6-19(18)26-21/h3-6,9-12,15H,7-8,13-14H2,1-2H3,(H,22,24). The number of rotatable bonds is 8. The summed E-state index contributed by atoms with van der Waals surface area (Å²) >= 11 is 1.67. The fraction of sp³-hybridized carbons (Fsp3) is 0.333. The van der Waals surface area contributed by atoms with Crippen LogP contribution in [0.25, 0.3) is 10.2 Å². The van der Waals surface area contributed by atoms with E-state index in [4.69, 9.17) is 4.74 Å². The van der Waals surface area contributed by atoms with Gasteiger partial charge in [-0.25, -0.2) is 4.98 Å². The summed E-state index contributed by atoms with van der Waals surface area (Å²) in [5.74, 6) is 0.955. The minimum absolute atomic E-state index is 0.0893. The molecule has 136 valence electrons. The van der Waals surface area contributed by atoms with Crippen LogP contribution in [-0.4, -0.2) is 24.0 Å². The third-order valence-electron chi connectivity index (χ3n) is 4.34. The van der Waals surface area contributed by atoms with E-state index < -0.39 is 0 Å². The summed E-state index contributed by atoms with van der Waals surface area (Å²) in [6.07, 6.45) is 3.02. The average molecular weight is 369 g/mol. The summed E-state index contributed by atoms with van der Waals surface area (Å²) < 4.78 is 6.35. The molecular formula is C21H24N2O2S. The summed E-state index contributed by atoms with van der Waals surface area (Å²) in [6.45, 7) is 2.05. The molecule has 1 amide bonds. The molecule has 3 aromatic rings. The fourth-order valence-corrected chi connectivity index (χ4v) is 3.81. The molecule has 1 heterocycles. The number of para-hydroxylation sites is 1. The first kappa shape index (κ1) is 18.4. The van der Waals surface area contributed by atoms with Crippen molar-refractivity contribution < 1.29 is 9.53 Å². The molecule has 4 nitrogen and oxygen atoms in total. The van der Waals surface area contributed by atoms with Crippen LogP contribution in [0.1, 0.15) is 30.3 Å². The molecule has 0 fully saturated rings. The van der Waals surface area contributed by atoms with Gasteiger partial charge < -0.3 is 10.1 Å². The zero-order chi connectivity index (χ0) is 18.4. The van der Waals surface area contributed by atoms with Crippen molar-refractivity contribution in [2.75, 3.05) is 7.11 Å². The van der Waals surface area contributed by atoms with E-state index in [2.05, 4.69) is 35.4 Å². The first-order valence-corrected chi connectivity index (χ1v) is 9.72. The lowest BCUT2D eigenvalue weighted by molar-refractivity contribution is -0.121. The van der Waals surface area contributed by atoms with Crippen LogP contribution in [0.3, 0.4) is 0 Å². The third kappa shape index (κ3) is 5.05. The number of ether oxygens (including phenoxy) is 1. The lowest BCUT2D eigenvalue weighted by Crippen LogP contribution is -2.33. The van der Waals surface area contributed by atoms with Gasteiger partial charge in [-0.05, 0) is 49.6 Å². The molecule has 1 unspecified atom stereocenters. The molecule has 0 radical (unpaired) electrons. The third-order valence-corrected chi connectivity index (χ3v) is 5.43. The van der Waals surface area contributed by atoms with Gasteiger partial charge in [0.2, 0.25) is 5.91 Å². The Labute approximate surface area is 158 Å². The predicted molar refractivity (Wildman–Crippen MR) is 107 cm³/mol.